The van der Waals surface area contributed by atoms with Gasteiger partial charge in [0.25, 0.3) is 5.91 Å². The zero-order chi connectivity index (χ0) is 24.5. The number of thiazole rings is 1. The number of aromatic nitrogens is 1. The Morgan fingerprint density at radius 2 is 1.97 bits per heavy atom. The summed E-state index contributed by atoms with van der Waals surface area (Å²) in [5.74, 6) is -1.09. The lowest BCUT2D eigenvalue weighted by molar-refractivity contribution is -0.117. The number of carbonyl (C=O) groups is 2. The summed E-state index contributed by atoms with van der Waals surface area (Å²) < 4.78 is 11.9. The van der Waals surface area contributed by atoms with Crippen molar-refractivity contribution in [1.82, 2.24) is 4.98 Å². The molecule has 0 bridgehead atoms. The molecule has 1 atom stereocenters. The third-order valence-electron chi connectivity index (χ3n) is 5.92. The minimum atomic E-state index is -0.869. The Labute approximate surface area is 206 Å². The van der Waals surface area contributed by atoms with Crippen LogP contribution in [-0.2, 0) is 11.2 Å². The number of nitrogens with zero attached hydrogens (tertiary/aromatic N) is 2. The lowest BCUT2D eigenvalue weighted by atomic mass is 9.95. The fraction of sp³-hybridized carbons (Fsp3) is 0.222. The number of ketones is 1. The van der Waals surface area contributed by atoms with Gasteiger partial charge in [0.15, 0.2) is 16.7 Å². The predicted octanol–water partition coefficient (Wildman–Crippen LogP) is 6.02. The molecule has 1 amide bonds. The van der Waals surface area contributed by atoms with Crippen LogP contribution >= 0.6 is 11.3 Å². The SMILES string of the molecule is CCCOc1ccc([C@H]2C(C(=O)c3ccco3)=C(O)C(=O)N2c2nc3ccc(CC)cc3s2)cc1. The van der Waals surface area contributed by atoms with Crippen LogP contribution in [0.15, 0.2) is 76.6 Å². The Hall–Kier alpha value is -3.91. The van der Waals surface area contributed by atoms with Gasteiger partial charge in [0.05, 0.1) is 34.7 Å². The first-order valence-corrected chi connectivity index (χ1v) is 12.3. The monoisotopic (exact) mass is 488 g/mol. The number of furan rings is 1. The van der Waals surface area contributed by atoms with Crippen LogP contribution in [0.2, 0.25) is 0 Å². The van der Waals surface area contributed by atoms with Crippen LogP contribution in [-0.4, -0.2) is 28.4 Å². The third kappa shape index (κ3) is 4.10. The van der Waals surface area contributed by atoms with Crippen molar-refractivity contribution in [1.29, 1.82) is 0 Å². The van der Waals surface area contributed by atoms with Crippen LogP contribution in [0.1, 0.15) is 48.0 Å². The van der Waals surface area contributed by atoms with Gasteiger partial charge in [-0.05, 0) is 60.4 Å². The van der Waals surface area contributed by atoms with E-state index in [0.29, 0.717) is 23.1 Å². The third-order valence-corrected chi connectivity index (χ3v) is 6.94. The molecule has 2 aromatic carbocycles. The number of aryl methyl sites for hydroxylation is 1. The minimum Gasteiger partial charge on any atom is -0.503 e. The summed E-state index contributed by atoms with van der Waals surface area (Å²) in [6.07, 6.45) is 3.14. The summed E-state index contributed by atoms with van der Waals surface area (Å²) in [6.45, 7) is 4.69. The Morgan fingerprint density at radius 3 is 2.66 bits per heavy atom. The molecule has 0 saturated heterocycles. The van der Waals surface area contributed by atoms with E-state index in [1.807, 2.05) is 25.1 Å². The highest BCUT2D eigenvalue weighted by molar-refractivity contribution is 7.22. The fourth-order valence-electron chi connectivity index (χ4n) is 4.14. The number of hydrogen-bond donors (Lipinski definition) is 1. The van der Waals surface area contributed by atoms with Gasteiger partial charge in [0, 0.05) is 0 Å². The van der Waals surface area contributed by atoms with Crippen LogP contribution in [0.3, 0.4) is 0 Å². The van der Waals surface area contributed by atoms with E-state index < -0.39 is 23.5 Å². The molecule has 0 radical (unpaired) electrons. The molecule has 4 aromatic rings. The van der Waals surface area contributed by atoms with Crippen molar-refractivity contribution in [2.75, 3.05) is 11.5 Å². The second-order valence-corrected chi connectivity index (χ2v) is 9.23. The van der Waals surface area contributed by atoms with Gasteiger partial charge < -0.3 is 14.3 Å². The van der Waals surface area contributed by atoms with Gasteiger partial charge in [-0.1, -0.05) is 43.4 Å². The molecule has 5 rings (SSSR count). The molecule has 1 aliphatic heterocycles. The standard InChI is InChI=1S/C27H24N2O5S/c1-3-13-33-18-10-8-17(9-11-18)23-22(24(30)20-6-5-14-34-20)25(31)26(32)29(23)27-28-19-12-7-16(4-2)15-21(19)35-27/h5-12,14-15,23,31H,3-4,13H2,1-2H3/t23-/m0/s1. The topological polar surface area (TPSA) is 92.9 Å². The van der Waals surface area contributed by atoms with Crippen molar-refractivity contribution < 1.29 is 23.8 Å². The number of fused-ring (bicyclic) bond motifs is 1. The van der Waals surface area contributed by atoms with Crippen molar-refractivity contribution in [3.05, 3.63) is 89.1 Å². The average Bonchev–Trinajstić information content (AvgIpc) is 3.61. The summed E-state index contributed by atoms with van der Waals surface area (Å²) in [5, 5.41) is 11.3. The highest BCUT2D eigenvalue weighted by Gasteiger charge is 2.46. The largest absolute Gasteiger partial charge is 0.503 e. The second kappa shape index (κ2) is 9.38. The summed E-state index contributed by atoms with van der Waals surface area (Å²) in [6, 6.07) is 15.4. The second-order valence-electron chi connectivity index (χ2n) is 8.22. The van der Waals surface area contributed by atoms with Crippen LogP contribution in [0.4, 0.5) is 5.13 Å². The molecule has 0 aliphatic carbocycles. The maximum Gasteiger partial charge on any atom is 0.296 e. The first kappa shape index (κ1) is 22.9. The molecule has 0 fully saturated rings. The summed E-state index contributed by atoms with van der Waals surface area (Å²) >= 11 is 1.35. The van der Waals surface area contributed by atoms with Gasteiger partial charge in [0.2, 0.25) is 5.78 Å². The van der Waals surface area contributed by atoms with Crippen molar-refractivity contribution >= 4 is 38.4 Å². The molecule has 1 aliphatic rings. The molecule has 0 saturated carbocycles. The van der Waals surface area contributed by atoms with Gasteiger partial charge in [-0.3, -0.25) is 14.5 Å². The summed E-state index contributed by atoms with van der Waals surface area (Å²) in [4.78, 5) is 32.8. The number of aliphatic hydroxyl groups excluding tert-OH is 1. The van der Waals surface area contributed by atoms with Crippen molar-refractivity contribution in [2.24, 2.45) is 0 Å². The number of amides is 1. The molecule has 0 spiro atoms. The Morgan fingerprint density at radius 1 is 1.17 bits per heavy atom. The molecule has 2 aromatic heterocycles. The number of anilines is 1. The molecular weight excluding hydrogens is 464 g/mol. The van der Waals surface area contributed by atoms with Gasteiger partial charge in [0.1, 0.15) is 5.75 Å². The quantitative estimate of drug-likeness (QED) is 0.305. The van der Waals surface area contributed by atoms with Crippen LogP contribution in [0.25, 0.3) is 10.2 Å². The van der Waals surface area contributed by atoms with Crippen molar-refractivity contribution in [2.45, 2.75) is 32.7 Å². The number of aliphatic hydroxyl groups is 1. The van der Waals surface area contributed by atoms with E-state index in [1.165, 1.54) is 28.6 Å². The lowest BCUT2D eigenvalue weighted by Gasteiger charge is -2.24. The van der Waals surface area contributed by atoms with Crippen molar-refractivity contribution in [3.8, 4) is 5.75 Å². The molecular formula is C27H24N2O5S. The highest BCUT2D eigenvalue weighted by Crippen LogP contribution is 2.44. The molecule has 7 nitrogen and oxygen atoms in total. The van der Waals surface area contributed by atoms with Crippen molar-refractivity contribution in [3.63, 3.8) is 0 Å². The smallest absolute Gasteiger partial charge is 0.296 e. The molecule has 178 valence electrons. The summed E-state index contributed by atoms with van der Waals surface area (Å²) in [5.41, 5.74) is 2.52. The number of ether oxygens (including phenoxy) is 1. The van der Waals surface area contributed by atoms with E-state index in [0.717, 1.165) is 28.6 Å². The molecule has 1 N–H and O–H groups in total. The normalized spacial score (nSPS) is 15.9. The molecule has 3 heterocycles. The van der Waals surface area contributed by atoms with Gasteiger partial charge in [-0.15, -0.1) is 0 Å². The first-order valence-electron chi connectivity index (χ1n) is 11.5. The number of hydrogen-bond acceptors (Lipinski definition) is 7. The lowest BCUT2D eigenvalue weighted by Crippen LogP contribution is -2.30. The van der Waals surface area contributed by atoms with E-state index >= 15 is 0 Å². The number of Topliss-reactive ketones (excluding diaryl/α,β-unsaturated/α-hetero) is 1. The number of benzene rings is 2. The van der Waals surface area contributed by atoms with E-state index in [9.17, 15) is 14.7 Å². The molecule has 8 heteroatoms. The molecule has 0 unspecified atom stereocenters. The van der Waals surface area contributed by atoms with E-state index in [4.69, 9.17) is 9.15 Å². The number of carbonyl (C=O) groups excluding carboxylic acids is 2. The average molecular weight is 489 g/mol. The van der Waals surface area contributed by atoms with E-state index in [1.54, 1.807) is 30.3 Å². The highest BCUT2D eigenvalue weighted by atomic mass is 32.1. The van der Waals surface area contributed by atoms with E-state index in [-0.39, 0.29) is 11.3 Å². The van der Waals surface area contributed by atoms with Gasteiger partial charge >= 0.3 is 0 Å². The Bertz CT molecular complexity index is 1420. The van der Waals surface area contributed by atoms with Crippen LogP contribution in [0, 0.1) is 0 Å². The van der Waals surface area contributed by atoms with Crippen LogP contribution < -0.4 is 9.64 Å². The first-order chi connectivity index (χ1) is 17.0. The van der Waals surface area contributed by atoms with Gasteiger partial charge in [-0.2, -0.15) is 0 Å². The summed E-state index contributed by atoms with van der Waals surface area (Å²) in [7, 11) is 0. The Balaban J connectivity index is 1.61. The zero-order valence-corrected chi connectivity index (χ0v) is 20.2. The zero-order valence-electron chi connectivity index (χ0n) is 19.4. The Kier molecular flexibility index (Phi) is 6.13. The minimum absolute atomic E-state index is 0.0410. The maximum absolute atomic E-state index is 13.4. The maximum atomic E-state index is 13.4. The fourth-order valence-corrected chi connectivity index (χ4v) is 5.19. The van der Waals surface area contributed by atoms with Crippen LogP contribution in [0.5, 0.6) is 5.75 Å². The van der Waals surface area contributed by atoms with E-state index in [2.05, 4.69) is 11.9 Å². The van der Waals surface area contributed by atoms with Gasteiger partial charge in [-0.25, -0.2) is 4.98 Å². The predicted molar refractivity (Wildman–Crippen MR) is 134 cm³/mol. The molecule has 35 heavy (non-hydrogen) atoms. The number of rotatable bonds is 8.